The molecular weight excluding hydrogens is 272 g/mol. The number of hydrogen-bond acceptors (Lipinski definition) is 5. The van der Waals surface area contributed by atoms with Gasteiger partial charge in [0.2, 0.25) is 5.88 Å². The number of carbonyl (C=O) groups excluding carboxylic acids is 1. The number of likely N-dealkylation sites (tertiary alicyclic amines) is 1. The number of carbonyl (C=O) groups is 1. The molecule has 7 nitrogen and oxygen atoms in total. The Morgan fingerprint density at radius 3 is 3.19 bits per heavy atom. The summed E-state index contributed by atoms with van der Waals surface area (Å²) in [7, 11) is 1.52. The van der Waals surface area contributed by atoms with E-state index >= 15 is 0 Å². The van der Waals surface area contributed by atoms with Gasteiger partial charge in [0.1, 0.15) is 17.9 Å². The third-order valence-corrected chi connectivity index (χ3v) is 3.47. The Hall–Kier alpha value is -2.57. The molecule has 0 radical (unpaired) electrons. The number of methoxy groups -OCH3 is 1. The summed E-state index contributed by atoms with van der Waals surface area (Å²) in [5.74, 6) is 1.63. The van der Waals surface area contributed by atoms with Crippen LogP contribution in [0.1, 0.15) is 24.6 Å². The van der Waals surface area contributed by atoms with Crippen LogP contribution >= 0.6 is 0 Å². The first-order valence-corrected chi connectivity index (χ1v) is 6.75. The largest absolute Gasteiger partial charge is 0.481 e. The van der Waals surface area contributed by atoms with Gasteiger partial charge in [-0.2, -0.15) is 0 Å². The Bertz CT molecular complexity index is 614. The summed E-state index contributed by atoms with van der Waals surface area (Å²) in [5.41, 5.74) is 0. The van der Waals surface area contributed by atoms with Crippen molar-refractivity contribution < 1.29 is 13.9 Å². The van der Waals surface area contributed by atoms with Crippen molar-refractivity contribution in [3.8, 4) is 5.88 Å². The van der Waals surface area contributed by atoms with Gasteiger partial charge in [0.05, 0.1) is 19.4 Å². The monoisotopic (exact) mass is 288 g/mol. The molecule has 0 aromatic carbocycles. The molecule has 0 unspecified atom stereocenters. The average Bonchev–Trinajstić information content (AvgIpc) is 3.18. The SMILES string of the molecule is COc1cc(NC(=O)N2CCC[C@H]2c2ccco2)ncn1. The van der Waals surface area contributed by atoms with Crippen molar-refractivity contribution in [2.24, 2.45) is 0 Å². The number of hydrogen-bond donors (Lipinski definition) is 1. The Balaban J connectivity index is 1.72. The zero-order valence-electron chi connectivity index (χ0n) is 11.7. The molecule has 1 N–H and O–H groups in total. The van der Waals surface area contributed by atoms with Gasteiger partial charge in [0.15, 0.2) is 0 Å². The highest BCUT2D eigenvalue weighted by molar-refractivity contribution is 5.88. The molecule has 1 fully saturated rings. The molecule has 1 atom stereocenters. The number of amides is 2. The number of ether oxygens (including phenoxy) is 1. The number of urea groups is 1. The van der Waals surface area contributed by atoms with E-state index in [4.69, 9.17) is 9.15 Å². The van der Waals surface area contributed by atoms with Gasteiger partial charge in [0, 0.05) is 12.6 Å². The zero-order chi connectivity index (χ0) is 14.7. The highest BCUT2D eigenvalue weighted by atomic mass is 16.5. The van der Waals surface area contributed by atoms with E-state index in [9.17, 15) is 4.79 Å². The normalized spacial score (nSPS) is 17.8. The minimum Gasteiger partial charge on any atom is -0.481 e. The lowest BCUT2D eigenvalue weighted by Crippen LogP contribution is -2.34. The van der Waals surface area contributed by atoms with E-state index in [1.165, 1.54) is 13.4 Å². The number of nitrogens with zero attached hydrogens (tertiary/aromatic N) is 3. The maximum Gasteiger partial charge on any atom is 0.323 e. The Kier molecular flexibility index (Phi) is 3.72. The second-order valence-electron chi connectivity index (χ2n) is 4.74. The lowest BCUT2D eigenvalue weighted by molar-refractivity contribution is 0.200. The first-order valence-electron chi connectivity index (χ1n) is 6.75. The zero-order valence-corrected chi connectivity index (χ0v) is 11.7. The Morgan fingerprint density at radius 2 is 2.43 bits per heavy atom. The maximum absolute atomic E-state index is 12.4. The number of rotatable bonds is 3. The van der Waals surface area contributed by atoms with Crippen LogP contribution in [0.15, 0.2) is 35.2 Å². The van der Waals surface area contributed by atoms with Gasteiger partial charge < -0.3 is 14.1 Å². The van der Waals surface area contributed by atoms with Gasteiger partial charge >= 0.3 is 6.03 Å². The molecule has 2 aromatic heterocycles. The summed E-state index contributed by atoms with van der Waals surface area (Å²) in [6.07, 6.45) is 4.82. The quantitative estimate of drug-likeness (QED) is 0.938. The van der Waals surface area contributed by atoms with E-state index in [2.05, 4.69) is 15.3 Å². The van der Waals surface area contributed by atoms with Crippen molar-refractivity contribution in [1.29, 1.82) is 0 Å². The molecule has 3 heterocycles. The van der Waals surface area contributed by atoms with Gasteiger partial charge in [-0.1, -0.05) is 0 Å². The van der Waals surface area contributed by atoms with Gasteiger partial charge in [0.25, 0.3) is 0 Å². The van der Waals surface area contributed by atoms with E-state index in [0.717, 1.165) is 18.6 Å². The van der Waals surface area contributed by atoms with Gasteiger partial charge in [-0.15, -0.1) is 0 Å². The fraction of sp³-hybridized carbons (Fsp3) is 0.357. The van der Waals surface area contributed by atoms with Crippen molar-refractivity contribution in [2.45, 2.75) is 18.9 Å². The van der Waals surface area contributed by atoms with Crippen LogP contribution in [0.2, 0.25) is 0 Å². The smallest absolute Gasteiger partial charge is 0.323 e. The molecule has 2 amide bonds. The van der Waals surface area contributed by atoms with Crippen molar-refractivity contribution >= 4 is 11.8 Å². The number of nitrogens with one attached hydrogen (secondary N) is 1. The summed E-state index contributed by atoms with van der Waals surface area (Å²) < 4.78 is 10.4. The van der Waals surface area contributed by atoms with E-state index in [-0.39, 0.29) is 12.1 Å². The molecule has 0 aliphatic carbocycles. The van der Waals surface area contributed by atoms with Crippen molar-refractivity contribution in [3.05, 3.63) is 36.5 Å². The first kappa shape index (κ1) is 13.4. The minimum absolute atomic E-state index is 0.0243. The minimum atomic E-state index is -0.199. The molecule has 1 aliphatic rings. The molecule has 0 saturated carbocycles. The fourth-order valence-electron chi connectivity index (χ4n) is 2.49. The van der Waals surface area contributed by atoms with Crippen LogP contribution in [0.5, 0.6) is 5.88 Å². The van der Waals surface area contributed by atoms with Crippen molar-refractivity contribution in [3.63, 3.8) is 0 Å². The Labute approximate surface area is 121 Å². The van der Waals surface area contributed by atoms with Crippen LogP contribution in [-0.2, 0) is 0 Å². The average molecular weight is 288 g/mol. The first-order chi connectivity index (χ1) is 10.3. The Morgan fingerprint density at radius 1 is 1.52 bits per heavy atom. The third-order valence-electron chi connectivity index (χ3n) is 3.47. The summed E-state index contributed by atoms with van der Waals surface area (Å²) in [4.78, 5) is 22.1. The molecule has 1 aliphatic heterocycles. The predicted octanol–water partition coefficient (Wildman–Crippen LogP) is 2.45. The van der Waals surface area contributed by atoms with Crippen LogP contribution < -0.4 is 10.1 Å². The van der Waals surface area contributed by atoms with Crippen LogP contribution in [0, 0.1) is 0 Å². The van der Waals surface area contributed by atoms with E-state index in [1.54, 1.807) is 17.2 Å². The molecule has 2 aromatic rings. The molecule has 0 spiro atoms. The molecule has 0 bridgehead atoms. The number of anilines is 1. The summed E-state index contributed by atoms with van der Waals surface area (Å²) in [6, 6.07) is 5.08. The van der Waals surface area contributed by atoms with Crippen LogP contribution in [0.3, 0.4) is 0 Å². The molecule has 1 saturated heterocycles. The highest BCUT2D eigenvalue weighted by Crippen LogP contribution is 2.32. The number of aromatic nitrogens is 2. The van der Waals surface area contributed by atoms with Crippen molar-refractivity contribution in [1.82, 2.24) is 14.9 Å². The summed E-state index contributed by atoms with van der Waals surface area (Å²) >= 11 is 0. The molecular formula is C14H16N4O3. The fourth-order valence-corrected chi connectivity index (χ4v) is 2.49. The molecule has 3 rings (SSSR count). The topological polar surface area (TPSA) is 80.5 Å². The maximum atomic E-state index is 12.4. The second kappa shape index (κ2) is 5.82. The number of furan rings is 1. The van der Waals surface area contributed by atoms with Crippen LogP contribution in [0.25, 0.3) is 0 Å². The van der Waals surface area contributed by atoms with E-state index in [0.29, 0.717) is 18.2 Å². The third kappa shape index (κ3) is 2.81. The van der Waals surface area contributed by atoms with Gasteiger partial charge in [-0.05, 0) is 25.0 Å². The van der Waals surface area contributed by atoms with Crippen LogP contribution in [0.4, 0.5) is 10.6 Å². The second-order valence-corrected chi connectivity index (χ2v) is 4.74. The molecule has 110 valence electrons. The molecule has 21 heavy (non-hydrogen) atoms. The highest BCUT2D eigenvalue weighted by Gasteiger charge is 2.31. The standard InChI is InChI=1S/C14H16N4O3/c1-20-13-8-12(15-9-16-13)17-14(19)18-6-2-4-10(18)11-5-3-7-21-11/h3,5,7-10H,2,4,6H2,1H3,(H,15,16,17,19)/t10-/m0/s1. The summed E-state index contributed by atoms with van der Waals surface area (Å²) in [5, 5.41) is 2.76. The van der Waals surface area contributed by atoms with Gasteiger partial charge in [-0.3, -0.25) is 5.32 Å². The summed E-state index contributed by atoms with van der Waals surface area (Å²) in [6.45, 7) is 0.694. The van der Waals surface area contributed by atoms with E-state index < -0.39 is 0 Å². The van der Waals surface area contributed by atoms with Crippen molar-refractivity contribution in [2.75, 3.05) is 19.0 Å². The van der Waals surface area contributed by atoms with E-state index in [1.807, 2.05) is 12.1 Å². The lowest BCUT2D eigenvalue weighted by Gasteiger charge is -2.23. The molecule has 7 heteroatoms. The van der Waals surface area contributed by atoms with Gasteiger partial charge in [-0.25, -0.2) is 14.8 Å². The predicted molar refractivity (Wildman–Crippen MR) is 75.0 cm³/mol. The van der Waals surface area contributed by atoms with Crippen LogP contribution in [-0.4, -0.2) is 34.6 Å². The lowest BCUT2D eigenvalue weighted by atomic mass is 10.2.